The smallest absolute Gasteiger partial charge is 0.270 e. The molecule has 0 radical (unpaired) electrons. The molecule has 2 heterocycles. The van der Waals surface area contributed by atoms with Gasteiger partial charge in [0.1, 0.15) is 11.9 Å². The van der Waals surface area contributed by atoms with Crippen molar-refractivity contribution in [3.8, 4) is 0 Å². The van der Waals surface area contributed by atoms with Crippen molar-refractivity contribution in [2.24, 2.45) is 9.98 Å². The minimum Gasteiger partial charge on any atom is -0.356 e. The van der Waals surface area contributed by atoms with Crippen LogP contribution < -0.4 is 10.6 Å². The number of thioether (sulfide) groups is 1. The first-order valence-corrected chi connectivity index (χ1v) is 14.4. The van der Waals surface area contributed by atoms with E-state index in [1.165, 1.54) is 17.3 Å². The van der Waals surface area contributed by atoms with E-state index in [2.05, 4.69) is 22.5 Å². The number of carbonyl (C=O) groups excluding carboxylic acids is 3. The standard InChI is InChI=1S/C31H31N5O3S/c1-2-21-12-14-23(15-13-21)33-28(38)20-40-31-34-25-11-7-6-10-24(25)29-35-30(39)26(36(29)31)16-17-27(37)32-19-18-22-8-4-3-5-9-22/h3-15,26H,2,16-20H2,1H3,(H,32,37)(H,33,38). The van der Waals surface area contributed by atoms with Gasteiger partial charge in [-0.3, -0.25) is 19.3 Å². The molecule has 9 heteroatoms. The lowest BCUT2D eigenvalue weighted by molar-refractivity contribution is -0.122. The Hall–Kier alpha value is -4.24. The molecule has 0 saturated carbocycles. The number of para-hydroxylation sites is 1. The third-order valence-corrected chi connectivity index (χ3v) is 7.76. The molecule has 0 fully saturated rings. The molecular formula is C31H31N5O3S. The number of benzene rings is 3. The number of hydrogen-bond donors (Lipinski definition) is 2. The predicted octanol–water partition coefficient (Wildman–Crippen LogP) is 4.72. The van der Waals surface area contributed by atoms with Crippen LogP contribution in [0.4, 0.5) is 11.4 Å². The zero-order valence-electron chi connectivity index (χ0n) is 22.3. The molecule has 204 valence electrons. The van der Waals surface area contributed by atoms with Crippen LogP contribution in [0.2, 0.25) is 0 Å². The number of aliphatic imine (C=N–C) groups is 2. The average Bonchev–Trinajstić information content (AvgIpc) is 3.32. The molecule has 8 nitrogen and oxygen atoms in total. The minimum absolute atomic E-state index is 0.112. The molecule has 3 aromatic rings. The number of nitrogens with one attached hydrogen (secondary N) is 2. The van der Waals surface area contributed by atoms with Crippen molar-refractivity contribution < 1.29 is 14.4 Å². The van der Waals surface area contributed by atoms with Crippen molar-refractivity contribution in [2.75, 3.05) is 17.6 Å². The van der Waals surface area contributed by atoms with Crippen molar-refractivity contribution in [3.63, 3.8) is 0 Å². The number of amides is 3. The molecule has 3 aromatic carbocycles. The highest BCUT2D eigenvalue weighted by atomic mass is 32.2. The van der Waals surface area contributed by atoms with Crippen LogP contribution in [-0.2, 0) is 27.2 Å². The lowest BCUT2D eigenvalue weighted by Crippen LogP contribution is -2.44. The predicted molar refractivity (Wildman–Crippen MR) is 160 cm³/mol. The van der Waals surface area contributed by atoms with Gasteiger partial charge in [0.05, 0.1) is 11.4 Å². The Morgan fingerprint density at radius 2 is 1.65 bits per heavy atom. The Balaban J connectivity index is 1.23. The average molecular weight is 554 g/mol. The first-order chi connectivity index (χ1) is 19.5. The number of fused-ring (bicyclic) bond motifs is 3. The van der Waals surface area contributed by atoms with Crippen LogP contribution in [0.25, 0.3) is 0 Å². The van der Waals surface area contributed by atoms with Gasteiger partial charge in [-0.2, -0.15) is 4.99 Å². The first kappa shape index (κ1) is 27.3. The summed E-state index contributed by atoms with van der Waals surface area (Å²) in [6.45, 7) is 2.61. The number of amidine groups is 2. The second kappa shape index (κ2) is 12.7. The number of rotatable bonds is 10. The summed E-state index contributed by atoms with van der Waals surface area (Å²) in [7, 11) is 0. The van der Waals surface area contributed by atoms with E-state index >= 15 is 0 Å². The molecule has 0 spiro atoms. The van der Waals surface area contributed by atoms with Crippen LogP contribution in [0.1, 0.15) is 36.5 Å². The van der Waals surface area contributed by atoms with E-state index < -0.39 is 6.04 Å². The van der Waals surface area contributed by atoms with Crippen molar-refractivity contribution in [1.29, 1.82) is 0 Å². The van der Waals surface area contributed by atoms with Crippen LogP contribution >= 0.6 is 11.8 Å². The van der Waals surface area contributed by atoms with E-state index in [1.807, 2.05) is 78.9 Å². The van der Waals surface area contributed by atoms with Gasteiger partial charge in [-0.15, -0.1) is 0 Å². The van der Waals surface area contributed by atoms with Crippen LogP contribution in [-0.4, -0.2) is 52.0 Å². The van der Waals surface area contributed by atoms with Crippen LogP contribution in [0, 0.1) is 0 Å². The van der Waals surface area contributed by atoms with Gasteiger partial charge in [-0.1, -0.05) is 73.3 Å². The second-order valence-corrected chi connectivity index (χ2v) is 10.5. The van der Waals surface area contributed by atoms with Gasteiger partial charge < -0.3 is 10.6 Å². The molecular weight excluding hydrogens is 522 g/mol. The SMILES string of the molecule is CCc1ccc(NC(=O)CSC2=Nc3ccccc3C3=NC(=O)C(CCC(=O)NCCc4ccccc4)N23)cc1. The fourth-order valence-electron chi connectivity index (χ4n) is 4.67. The zero-order valence-corrected chi connectivity index (χ0v) is 23.1. The highest BCUT2D eigenvalue weighted by Gasteiger charge is 2.41. The van der Waals surface area contributed by atoms with E-state index in [0.29, 0.717) is 29.7 Å². The topological polar surface area (TPSA) is 103 Å². The first-order valence-electron chi connectivity index (χ1n) is 13.4. The molecule has 3 amide bonds. The van der Waals surface area contributed by atoms with E-state index in [-0.39, 0.29) is 29.9 Å². The van der Waals surface area contributed by atoms with Gasteiger partial charge in [0.25, 0.3) is 5.91 Å². The summed E-state index contributed by atoms with van der Waals surface area (Å²) >= 11 is 1.25. The number of anilines is 1. The molecule has 40 heavy (non-hydrogen) atoms. The van der Waals surface area contributed by atoms with Gasteiger partial charge in [0, 0.05) is 24.2 Å². The van der Waals surface area contributed by atoms with Crippen LogP contribution in [0.5, 0.6) is 0 Å². The van der Waals surface area contributed by atoms with Crippen LogP contribution in [0.15, 0.2) is 88.8 Å². The van der Waals surface area contributed by atoms with Crippen molar-refractivity contribution >= 4 is 51.9 Å². The van der Waals surface area contributed by atoms with E-state index in [4.69, 9.17) is 4.99 Å². The van der Waals surface area contributed by atoms with Crippen molar-refractivity contribution in [3.05, 3.63) is 95.6 Å². The summed E-state index contributed by atoms with van der Waals surface area (Å²) in [5.74, 6) is 0.0327. The van der Waals surface area contributed by atoms with E-state index in [0.717, 1.165) is 29.7 Å². The van der Waals surface area contributed by atoms with Crippen molar-refractivity contribution in [2.45, 2.75) is 38.6 Å². The largest absolute Gasteiger partial charge is 0.356 e. The molecule has 0 bridgehead atoms. The van der Waals surface area contributed by atoms with E-state index in [1.54, 1.807) is 4.90 Å². The Morgan fingerprint density at radius 3 is 2.42 bits per heavy atom. The summed E-state index contributed by atoms with van der Waals surface area (Å²) in [4.78, 5) is 49.3. The molecule has 0 aromatic heterocycles. The molecule has 0 aliphatic carbocycles. The summed E-state index contributed by atoms with van der Waals surface area (Å²) in [6, 6.07) is 24.6. The number of hydrogen-bond acceptors (Lipinski definition) is 6. The number of carbonyl (C=O) groups is 3. The molecule has 5 rings (SSSR count). The summed E-state index contributed by atoms with van der Waals surface area (Å²) in [5, 5.41) is 6.39. The third kappa shape index (κ3) is 6.48. The highest BCUT2D eigenvalue weighted by Crippen LogP contribution is 2.35. The molecule has 1 atom stereocenters. The van der Waals surface area contributed by atoms with Gasteiger partial charge in [-0.05, 0) is 54.7 Å². The van der Waals surface area contributed by atoms with E-state index in [9.17, 15) is 14.4 Å². The molecule has 2 aliphatic rings. The van der Waals surface area contributed by atoms with Crippen molar-refractivity contribution in [1.82, 2.24) is 10.2 Å². The fraction of sp³-hybridized carbons (Fsp3) is 0.258. The maximum atomic E-state index is 13.0. The zero-order chi connectivity index (χ0) is 27.9. The lowest BCUT2D eigenvalue weighted by atomic mass is 10.1. The normalized spacial score (nSPS) is 15.6. The maximum Gasteiger partial charge on any atom is 0.270 e. The Labute approximate surface area is 238 Å². The Bertz CT molecular complexity index is 1450. The minimum atomic E-state index is -0.654. The fourth-order valence-corrected chi connectivity index (χ4v) is 5.52. The van der Waals surface area contributed by atoms with Crippen LogP contribution in [0.3, 0.4) is 0 Å². The van der Waals surface area contributed by atoms with Gasteiger partial charge in [-0.25, -0.2) is 4.99 Å². The highest BCUT2D eigenvalue weighted by molar-refractivity contribution is 8.14. The Morgan fingerprint density at radius 1 is 0.900 bits per heavy atom. The lowest BCUT2D eigenvalue weighted by Gasteiger charge is -2.31. The Kier molecular flexibility index (Phi) is 8.71. The molecule has 1 unspecified atom stereocenters. The monoisotopic (exact) mass is 553 g/mol. The summed E-state index contributed by atoms with van der Waals surface area (Å²) < 4.78 is 0. The molecule has 2 N–H and O–H groups in total. The molecule has 0 saturated heterocycles. The molecule has 2 aliphatic heterocycles. The summed E-state index contributed by atoms with van der Waals surface area (Å²) in [6.07, 6.45) is 2.14. The quantitative estimate of drug-likeness (QED) is 0.378. The number of nitrogens with zero attached hydrogens (tertiary/aromatic N) is 3. The van der Waals surface area contributed by atoms with Gasteiger partial charge in [0.15, 0.2) is 5.17 Å². The van der Waals surface area contributed by atoms with Gasteiger partial charge in [0.2, 0.25) is 11.8 Å². The van der Waals surface area contributed by atoms with Gasteiger partial charge >= 0.3 is 0 Å². The maximum absolute atomic E-state index is 13.0. The number of aryl methyl sites for hydroxylation is 1. The third-order valence-electron chi connectivity index (χ3n) is 6.81. The second-order valence-electron chi connectivity index (χ2n) is 9.58. The summed E-state index contributed by atoms with van der Waals surface area (Å²) in [5.41, 5.74) is 4.54.